The van der Waals surface area contributed by atoms with Crippen molar-refractivity contribution < 1.29 is 19.1 Å². The Bertz CT molecular complexity index is 1110. The molecular formula is C21H19FN2O4. The summed E-state index contributed by atoms with van der Waals surface area (Å²) in [5.41, 5.74) is 1.31. The zero-order valence-electron chi connectivity index (χ0n) is 15.2. The summed E-state index contributed by atoms with van der Waals surface area (Å²) in [5.74, 6) is -2.72. The predicted octanol–water partition coefficient (Wildman–Crippen LogP) is 2.88. The van der Waals surface area contributed by atoms with E-state index in [0.717, 1.165) is 5.56 Å². The number of halogens is 1. The number of carboxylic acids is 1. The molecular weight excluding hydrogens is 363 g/mol. The molecule has 0 radical (unpaired) electrons. The normalized spacial score (nSPS) is 12.1. The third kappa shape index (κ3) is 4.31. The number of hydrogen-bond acceptors (Lipinski definition) is 4. The number of benzene rings is 2. The fraction of sp³-hybridized carbons (Fsp3) is 0.238. The van der Waals surface area contributed by atoms with Crippen LogP contribution in [0.15, 0.2) is 47.3 Å². The van der Waals surface area contributed by atoms with Crippen LogP contribution in [0.25, 0.3) is 10.8 Å². The van der Waals surface area contributed by atoms with Gasteiger partial charge in [-0.25, -0.2) is 9.49 Å². The molecule has 0 aliphatic rings. The van der Waals surface area contributed by atoms with Gasteiger partial charge in [0, 0.05) is 24.6 Å². The van der Waals surface area contributed by atoms with Gasteiger partial charge < -0.3 is 5.11 Å². The largest absolute Gasteiger partial charge is 0.481 e. The molecule has 28 heavy (non-hydrogen) atoms. The summed E-state index contributed by atoms with van der Waals surface area (Å²) in [6, 6.07) is 11.6. The summed E-state index contributed by atoms with van der Waals surface area (Å²) >= 11 is 0. The first-order chi connectivity index (χ1) is 13.3. The minimum Gasteiger partial charge on any atom is -0.481 e. The quantitative estimate of drug-likeness (QED) is 0.654. The highest BCUT2D eigenvalue weighted by Gasteiger charge is 2.17. The first-order valence-corrected chi connectivity index (χ1v) is 8.83. The smallest absolute Gasteiger partial charge is 0.306 e. The molecule has 1 aromatic heterocycles. The molecule has 0 bridgehead atoms. The van der Waals surface area contributed by atoms with Gasteiger partial charge in [-0.2, -0.15) is 5.10 Å². The molecule has 0 saturated heterocycles. The second kappa shape index (κ2) is 8.12. The lowest BCUT2D eigenvalue weighted by molar-refractivity contribution is -0.143. The molecule has 0 saturated carbocycles. The Morgan fingerprint density at radius 2 is 1.89 bits per heavy atom. The number of ketones is 1. The van der Waals surface area contributed by atoms with Crippen molar-refractivity contribution in [2.75, 3.05) is 0 Å². The number of aliphatic carboxylic acids is 1. The lowest BCUT2D eigenvalue weighted by Crippen LogP contribution is -2.16. The number of fused-ring (bicyclic) bond motifs is 1. The highest BCUT2D eigenvalue weighted by molar-refractivity contribution is 5.85. The van der Waals surface area contributed by atoms with Crippen molar-refractivity contribution in [3.63, 3.8) is 0 Å². The van der Waals surface area contributed by atoms with E-state index >= 15 is 0 Å². The van der Waals surface area contributed by atoms with Gasteiger partial charge in [-0.3, -0.25) is 14.4 Å². The third-order valence-corrected chi connectivity index (χ3v) is 4.60. The van der Waals surface area contributed by atoms with Gasteiger partial charge in [-0.1, -0.05) is 37.3 Å². The number of carbonyl (C=O) groups excluding carboxylic acids is 1. The molecule has 0 fully saturated rings. The maximum absolute atomic E-state index is 14.1. The predicted molar refractivity (Wildman–Crippen MR) is 102 cm³/mol. The lowest BCUT2D eigenvalue weighted by atomic mass is 9.97. The molecule has 0 aliphatic carbocycles. The van der Waals surface area contributed by atoms with Crippen molar-refractivity contribution in [2.24, 2.45) is 5.92 Å². The minimum atomic E-state index is -1.06. The standard InChI is InChI=1S/C21H19FN2O4/c1-12(21(27)28)8-15(25)11-14-9-13(6-7-18(14)22)10-19-16-4-2-3-5-17(16)20(26)24-23-19/h2-7,9,12H,8,10-11H2,1H3,(H,24,26)(H,27,28)/t12-/m0/s1. The summed E-state index contributed by atoms with van der Waals surface area (Å²) in [6.45, 7) is 1.44. The molecule has 3 rings (SSSR count). The van der Waals surface area contributed by atoms with Gasteiger partial charge in [0.15, 0.2) is 0 Å². The first-order valence-electron chi connectivity index (χ1n) is 8.83. The molecule has 0 aliphatic heterocycles. The van der Waals surface area contributed by atoms with Crippen LogP contribution < -0.4 is 5.56 Å². The average molecular weight is 382 g/mol. The number of carbonyl (C=O) groups is 2. The van der Waals surface area contributed by atoms with E-state index in [-0.39, 0.29) is 29.7 Å². The maximum Gasteiger partial charge on any atom is 0.306 e. The van der Waals surface area contributed by atoms with E-state index in [4.69, 9.17) is 5.11 Å². The lowest BCUT2D eigenvalue weighted by Gasteiger charge is -2.09. The van der Waals surface area contributed by atoms with E-state index in [2.05, 4.69) is 10.2 Å². The van der Waals surface area contributed by atoms with Crippen LogP contribution in [-0.4, -0.2) is 27.1 Å². The molecule has 0 spiro atoms. The molecule has 144 valence electrons. The summed E-state index contributed by atoms with van der Waals surface area (Å²) in [5, 5.41) is 16.7. The molecule has 2 aromatic carbocycles. The van der Waals surface area contributed by atoms with Crippen molar-refractivity contribution >= 4 is 22.5 Å². The summed E-state index contributed by atoms with van der Waals surface area (Å²) in [6.07, 6.45) is 0.0342. The van der Waals surface area contributed by atoms with Crippen LogP contribution >= 0.6 is 0 Å². The first kappa shape index (κ1) is 19.4. The third-order valence-electron chi connectivity index (χ3n) is 4.60. The van der Waals surface area contributed by atoms with Gasteiger partial charge >= 0.3 is 5.97 Å². The number of hydrogen-bond donors (Lipinski definition) is 2. The topological polar surface area (TPSA) is 100 Å². The number of carboxylic acid groups (broad SMARTS) is 1. The SMILES string of the molecule is C[C@@H](CC(=O)Cc1cc(Cc2n[nH]c(=O)c3ccccc23)ccc1F)C(=O)O. The van der Waals surface area contributed by atoms with Crippen LogP contribution in [0.1, 0.15) is 30.2 Å². The van der Waals surface area contributed by atoms with Crippen molar-refractivity contribution in [3.05, 3.63) is 75.5 Å². The molecule has 1 atom stereocenters. The number of aromatic amines is 1. The molecule has 3 aromatic rings. The summed E-state index contributed by atoms with van der Waals surface area (Å²) in [7, 11) is 0. The highest BCUT2D eigenvalue weighted by atomic mass is 19.1. The van der Waals surface area contributed by atoms with Crippen LogP contribution in [-0.2, 0) is 22.4 Å². The van der Waals surface area contributed by atoms with Gasteiger partial charge in [0.2, 0.25) is 0 Å². The van der Waals surface area contributed by atoms with E-state index in [0.29, 0.717) is 22.9 Å². The van der Waals surface area contributed by atoms with E-state index in [1.807, 2.05) is 6.07 Å². The van der Waals surface area contributed by atoms with Gasteiger partial charge in [-0.15, -0.1) is 0 Å². The van der Waals surface area contributed by atoms with E-state index in [9.17, 15) is 18.8 Å². The van der Waals surface area contributed by atoms with Crippen molar-refractivity contribution in [2.45, 2.75) is 26.2 Å². The maximum atomic E-state index is 14.1. The Morgan fingerprint density at radius 1 is 1.18 bits per heavy atom. The van der Waals surface area contributed by atoms with Crippen LogP contribution in [0.2, 0.25) is 0 Å². The van der Waals surface area contributed by atoms with Gasteiger partial charge in [0.1, 0.15) is 11.6 Å². The molecule has 0 amide bonds. The zero-order chi connectivity index (χ0) is 20.3. The minimum absolute atomic E-state index is 0.148. The Kier molecular flexibility index (Phi) is 5.63. The number of nitrogens with zero attached hydrogens (tertiary/aromatic N) is 1. The van der Waals surface area contributed by atoms with Crippen LogP contribution in [0, 0.1) is 11.7 Å². The van der Waals surface area contributed by atoms with Crippen LogP contribution in [0.4, 0.5) is 4.39 Å². The van der Waals surface area contributed by atoms with Crippen molar-refractivity contribution in [1.82, 2.24) is 10.2 Å². The molecule has 2 N–H and O–H groups in total. The number of rotatable bonds is 7. The highest BCUT2D eigenvalue weighted by Crippen LogP contribution is 2.19. The van der Waals surface area contributed by atoms with E-state index < -0.39 is 17.7 Å². The number of aromatic nitrogens is 2. The number of nitrogens with one attached hydrogen (secondary N) is 1. The zero-order valence-corrected chi connectivity index (χ0v) is 15.2. The van der Waals surface area contributed by atoms with Crippen LogP contribution in [0.5, 0.6) is 0 Å². The fourth-order valence-corrected chi connectivity index (χ4v) is 3.09. The molecule has 1 heterocycles. The van der Waals surface area contributed by atoms with Crippen molar-refractivity contribution in [1.29, 1.82) is 0 Å². The Labute approximate surface area is 160 Å². The fourth-order valence-electron chi connectivity index (χ4n) is 3.09. The van der Waals surface area contributed by atoms with Crippen LogP contribution in [0.3, 0.4) is 0 Å². The summed E-state index contributed by atoms with van der Waals surface area (Å²) < 4.78 is 14.1. The molecule has 6 nitrogen and oxygen atoms in total. The van der Waals surface area contributed by atoms with Gasteiger partial charge in [-0.05, 0) is 23.3 Å². The monoisotopic (exact) mass is 382 g/mol. The molecule has 7 heteroatoms. The van der Waals surface area contributed by atoms with Crippen molar-refractivity contribution in [3.8, 4) is 0 Å². The van der Waals surface area contributed by atoms with E-state index in [1.54, 1.807) is 30.3 Å². The second-order valence-corrected chi connectivity index (χ2v) is 6.81. The number of H-pyrrole nitrogens is 1. The van der Waals surface area contributed by atoms with Gasteiger partial charge in [0.05, 0.1) is 17.0 Å². The Morgan fingerprint density at radius 3 is 2.61 bits per heavy atom. The average Bonchev–Trinajstić information content (AvgIpc) is 2.66. The van der Waals surface area contributed by atoms with E-state index in [1.165, 1.54) is 13.0 Å². The second-order valence-electron chi connectivity index (χ2n) is 6.81. The van der Waals surface area contributed by atoms with Gasteiger partial charge in [0.25, 0.3) is 5.56 Å². The molecule has 0 unspecified atom stereocenters. The summed E-state index contributed by atoms with van der Waals surface area (Å²) in [4.78, 5) is 34.9. The Balaban J connectivity index is 1.84. The number of Topliss-reactive ketones (excluding diaryl/α,β-unsaturated/α-hetero) is 1. The Hall–Kier alpha value is -3.35.